The number of hydrogen-bond acceptors (Lipinski definition) is 1. The van der Waals surface area contributed by atoms with Crippen molar-refractivity contribution in [3.05, 3.63) is 123 Å². The molecule has 1 saturated carbocycles. The van der Waals surface area contributed by atoms with E-state index in [1.807, 2.05) is 0 Å². The van der Waals surface area contributed by atoms with Crippen molar-refractivity contribution in [1.82, 2.24) is 0 Å². The molecule has 2 aliphatic carbocycles. The van der Waals surface area contributed by atoms with E-state index in [9.17, 15) is 0 Å². The molecule has 1 fully saturated rings. The van der Waals surface area contributed by atoms with Gasteiger partial charge in [0.1, 0.15) is 0 Å². The van der Waals surface area contributed by atoms with E-state index in [-0.39, 0.29) is 0 Å². The summed E-state index contributed by atoms with van der Waals surface area (Å²) in [6.07, 6.45) is 4.06. The molecule has 5 aromatic rings. The minimum atomic E-state index is 0.745. The van der Waals surface area contributed by atoms with Crippen molar-refractivity contribution in [1.29, 1.82) is 0 Å². The van der Waals surface area contributed by atoms with E-state index < -0.39 is 0 Å². The van der Waals surface area contributed by atoms with Crippen molar-refractivity contribution in [2.24, 2.45) is 0 Å². The van der Waals surface area contributed by atoms with Gasteiger partial charge in [0.25, 0.3) is 0 Å². The summed E-state index contributed by atoms with van der Waals surface area (Å²) in [6, 6.07) is 35.7. The van der Waals surface area contributed by atoms with Crippen LogP contribution in [0.4, 0.5) is 17.1 Å². The number of halogens is 2. The molecular formula is C34H27Br2N. The predicted octanol–water partition coefficient (Wildman–Crippen LogP) is 11.2. The molecule has 0 radical (unpaired) electrons. The highest BCUT2D eigenvalue weighted by atomic mass is 79.9. The maximum atomic E-state index is 3.61. The number of fused-ring (bicyclic) bond motifs is 6. The van der Waals surface area contributed by atoms with Crippen LogP contribution in [-0.4, -0.2) is 0 Å². The van der Waals surface area contributed by atoms with E-state index in [2.05, 4.69) is 141 Å². The second-order valence-corrected chi connectivity index (χ2v) is 12.3. The lowest BCUT2D eigenvalue weighted by Crippen LogP contribution is -2.10. The quantitative estimate of drug-likeness (QED) is 0.196. The standard InChI is InChI=1S/C34H27Br2N/c1-21-16-25(19-33-23-6-7-24(17-23)34(21)33)32-20-30(18-22-4-2-3-5-31(22)32)37(28-12-8-26(35)9-13-28)29-14-10-27(36)11-15-29/h2-5,8-16,18-20,23-24H,6-7,17H2,1H3. The molecule has 0 spiro atoms. The monoisotopic (exact) mass is 607 g/mol. The summed E-state index contributed by atoms with van der Waals surface area (Å²) in [7, 11) is 0. The molecule has 0 heterocycles. The fraction of sp³-hybridized carbons (Fsp3) is 0.176. The van der Waals surface area contributed by atoms with Crippen LogP contribution in [0.15, 0.2) is 106 Å². The molecule has 5 aromatic carbocycles. The SMILES string of the molecule is Cc1cc(-c2cc(N(c3ccc(Br)cc3)c3ccc(Br)cc3)cc3ccccc23)cc2c1C1CCC2C1. The summed E-state index contributed by atoms with van der Waals surface area (Å²) in [5.41, 5.74) is 10.8. The lowest BCUT2D eigenvalue weighted by Gasteiger charge is -2.27. The van der Waals surface area contributed by atoms with Gasteiger partial charge in [-0.1, -0.05) is 68.3 Å². The highest BCUT2D eigenvalue weighted by Gasteiger charge is 2.38. The first-order valence-corrected chi connectivity index (χ1v) is 14.6. The highest BCUT2D eigenvalue weighted by molar-refractivity contribution is 9.10. The summed E-state index contributed by atoms with van der Waals surface area (Å²) >= 11 is 7.22. The van der Waals surface area contributed by atoms with Crippen molar-refractivity contribution in [2.75, 3.05) is 4.90 Å². The molecule has 182 valence electrons. The van der Waals surface area contributed by atoms with Gasteiger partial charge in [0.05, 0.1) is 0 Å². The first kappa shape index (κ1) is 23.3. The number of aryl methyl sites for hydroxylation is 1. The van der Waals surface area contributed by atoms with Crippen molar-refractivity contribution in [2.45, 2.75) is 38.0 Å². The zero-order valence-electron chi connectivity index (χ0n) is 20.7. The van der Waals surface area contributed by atoms with Gasteiger partial charge in [-0.3, -0.25) is 0 Å². The molecular weight excluding hydrogens is 582 g/mol. The van der Waals surface area contributed by atoms with Gasteiger partial charge in [-0.2, -0.15) is 0 Å². The average Bonchev–Trinajstić information content (AvgIpc) is 3.53. The Morgan fingerprint density at radius 2 is 1.32 bits per heavy atom. The molecule has 7 rings (SSSR count). The molecule has 0 aromatic heterocycles. The van der Waals surface area contributed by atoms with Gasteiger partial charge in [0, 0.05) is 26.0 Å². The molecule has 0 amide bonds. The van der Waals surface area contributed by atoms with Gasteiger partial charge in [0.2, 0.25) is 0 Å². The van der Waals surface area contributed by atoms with Crippen molar-refractivity contribution < 1.29 is 0 Å². The zero-order chi connectivity index (χ0) is 25.1. The first-order valence-electron chi connectivity index (χ1n) is 13.0. The molecule has 2 aliphatic rings. The summed E-state index contributed by atoms with van der Waals surface area (Å²) in [6.45, 7) is 2.32. The second-order valence-electron chi connectivity index (χ2n) is 10.5. The van der Waals surface area contributed by atoms with E-state index in [0.717, 1.165) is 37.8 Å². The lowest BCUT2D eigenvalue weighted by molar-refractivity contribution is 0.714. The van der Waals surface area contributed by atoms with E-state index in [0.29, 0.717) is 0 Å². The summed E-state index contributed by atoms with van der Waals surface area (Å²) < 4.78 is 2.16. The number of benzene rings is 5. The number of anilines is 3. The molecule has 0 saturated heterocycles. The maximum absolute atomic E-state index is 3.61. The topological polar surface area (TPSA) is 3.24 Å². The average molecular weight is 609 g/mol. The Morgan fingerprint density at radius 3 is 2.03 bits per heavy atom. The molecule has 0 N–H and O–H groups in total. The van der Waals surface area contributed by atoms with Crippen molar-refractivity contribution in [3.8, 4) is 11.1 Å². The molecule has 2 atom stereocenters. The summed E-state index contributed by atoms with van der Waals surface area (Å²) in [5, 5.41) is 2.56. The molecule has 0 aliphatic heterocycles. The van der Waals surface area contributed by atoms with Crippen LogP contribution in [0.5, 0.6) is 0 Å². The van der Waals surface area contributed by atoms with Gasteiger partial charge in [-0.05, 0) is 137 Å². The lowest BCUT2D eigenvalue weighted by atomic mass is 9.85. The summed E-state index contributed by atoms with van der Waals surface area (Å²) in [5.74, 6) is 1.53. The van der Waals surface area contributed by atoms with Crippen LogP contribution in [0.3, 0.4) is 0 Å². The van der Waals surface area contributed by atoms with Crippen LogP contribution in [0.2, 0.25) is 0 Å². The Kier molecular flexibility index (Phi) is 5.75. The molecule has 2 bridgehead atoms. The van der Waals surface area contributed by atoms with Crippen LogP contribution in [-0.2, 0) is 0 Å². The van der Waals surface area contributed by atoms with Crippen LogP contribution in [0.25, 0.3) is 21.9 Å². The highest BCUT2D eigenvalue weighted by Crippen LogP contribution is 2.55. The fourth-order valence-electron chi connectivity index (χ4n) is 6.69. The van der Waals surface area contributed by atoms with Crippen LogP contribution >= 0.6 is 31.9 Å². The smallest absolute Gasteiger partial charge is 0.0474 e. The van der Waals surface area contributed by atoms with Crippen LogP contribution in [0.1, 0.15) is 47.8 Å². The van der Waals surface area contributed by atoms with E-state index in [4.69, 9.17) is 0 Å². The maximum Gasteiger partial charge on any atom is 0.0474 e. The van der Waals surface area contributed by atoms with Crippen molar-refractivity contribution >= 4 is 59.7 Å². The normalized spacial score (nSPS) is 17.8. The molecule has 2 unspecified atom stereocenters. The van der Waals surface area contributed by atoms with Gasteiger partial charge in [0.15, 0.2) is 0 Å². The van der Waals surface area contributed by atoms with Gasteiger partial charge in [-0.25, -0.2) is 0 Å². The predicted molar refractivity (Wildman–Crippen MR) is 164 cm³/mol. The van der Waals surface area contributed by atoms with E-state index in [1.54, 1.807) is 11.1 Å². The minimum Gasteiger partial charge on any atom is -0.310 e. The number of hydrogen-bond donors (Lipinski definition) is 0. The third-order valence-corrected chi connectivity index (χ3v) is 9.34. The van der Waals surface area contributed by atoms with Crippen LogP contribution in [0, 0.1) is 6.92 Å². The fourth-order valence-corrected chi connectivity index (χ4v) is 7.22. The Bertz CT molecular complexity index is 1590. The zero-order valence-corrected chi connectivity index (χ0v) is 23.9. The Balaban J connectivity index is 1.46. The minimum absolute atomic E-state index is 0.745. The van der Waals surface area contributed by atoms with E-state index in [1.165, 1.54) is 46.7 Å². The molecule has 37 heavy (non-hydrogen) atoms. The van der Waals surface area contributed by atoms with Crippen LogP contribution < -0.4 is 4.90 Å². The molecule has 3 heteroatoms. The van der Waals surface area contributed by atoms with Crippen molar-refractivity contribution in [3.63, 3.8) is 0 Å². The Labute approximate surface area is 235 Å². The summed E-state index contributed by atoms with van der Waals surface area (Å²) in [4.78, 5) is 2.36. The molecule has 1 nitrogen and oxygen atoms in total. The second kappa shape index (κ2) is 9.15. The third kappa shape index (κ3) is 4.04. The first-order chi connectivity index (χ1) is 18.0. The Morgan fingerprint density at radius 1 is 0.676 bits per heavy atom. The van der Waals surface area contributed by atoms with E-state index >= 15 is 0 Å². The third-order valence-electron chi connectivity index (χ3n) is 8.28. The van der Waals surface area contributed by atoms with Gasteiger partial charge < -0.3 is 4.90 Å². The number of rotatable bonds is 4. The largest absolute Gasteiger partial charge is 0.310 e. The van der Waals surface area contributed by atoms with Gasteiger partial charge in [-0.15, -0.1) is 0 Å². The Hall–Kier alpha value is -2.88. The number of nitrogens with zero attached hydrogens (tertiary/aromatic N) is 1. The van der Waals surface area contributed by atoms with Gasteiger partial charge >= 0.3 is 0 Å².